The van der Waals surface area contributed by atoms with Crippen molar-refractivity contribution in [3.63, 3.8) is 0 Å². The molecule has 0 bridgehead atoms. The van der Waals surface area contributed by atoms with Gasteiger partial charge in [-0.1, -0.05) is 0 Å². The molecule has 0 spiro atoms. The van der Waals surface area contributed by atoms with E-state index in [0.717, 1.165) is 18.4 Å². The van der Waals surface area contributed by atoms with Crippen molar-refractivity contribution >= 4 is 0 Å². The SMILES string of the molecule is c1cc(CCN2CCCC(C3CCCN3)C2)ccn1. The van der Waals surface area contributed by atoms with E-state index in [-0.39, 0.29) is 0 Å². The third-order valence-electron chi connectivity index (χ3n) is 4.68. The fraction of sp³-hybridized carbons (Fsp3) is 0.688. The van der Waals surface area contributed by atoms with Crippen LogP contribution in [0, 0.1) is 5.92 Å². The zero-order valence-electron chi connectivity index (χ0n) is 11.7. The second-order valence-corrected chi connectivity index (χ2v) is 6.01. The molecule has 2 aliphatic rings. The normalized spacial score (nSPS) is 28.6. The molecule has 2 fully saturated rings. The first kappa shape index (κ1) is 13.1. The molecular weight excluding hydrogens is 234 g/mol. The number of likely N-dealkylation sites (tertiary alicyclic amines) is 1. The quantitative estimate of drug-likeness (QED) is 0.897. The van der Waals surface area contributed by atoms with Gasteiger partial charge in [0, 0.05) is 31.5 Å². The number of nitrogens with zero attached hydrogens (tertiary/aromatic N) is 2. The third-order valence-corrected chi connectivity index (χ3v) is 4.68. The molecule has 0 aromatic carbocycles. The summed E-state index contributed by atoms with van der Waals surface area (Å²) in [4.78, 5) is 6.74. The maximum atomic E-state index is 4.08. The minimum atomic E-state index is 0.795. The van der Waals surface area contributed by atoms with E-state index in [1.54, 1.807) is 0 Å². The maximum absolute atomic E-state index is 4.08. The fourth-order valence-electron chi connectivity index (χ4n) is 3.57. The molecule has 3 heterocycles. The smallest absolute Gasteiger partial charge is 0.0270 e. The van der Waals surface area contributed by atoms with Gasteiger partial charge in [0.2, 0.25) is 0 Å². The van der Waals surface area contributed by atoms with Gasteiger partial charge in [-0.25, -0.2) is 0 Å². The topological polar surface area (TPSA) is 28.2 Å². The highest BCUT2D eigenvalue weighted by atomic mass is 15.1. The van der Waals surface area contributed by atoms with E-state index in [0.29, 0.717) is 0 Å². The van der Waals surface area contributed by atoms with Crippen molar-refractivity contribution in [3.05, 3.63) is 30.1 Å². The van der Waals surface area contributed by atoms with Gasteiger partial charge in [0.1, 0.15) is 0 Å². The van der Waals surface area contributed by atoms with Crippen LogP contribution in [-0.2, 0) is 6.42 Å². The second kappa shape index (κ2) is 6.49. The van der Waals surface area contributed by atoms with Crippen molar-refractivity contribution in [2.45, 2.75) is 38.1 Å². The van der Waals surface area contributed by atoms with E-state index in [9.17, 15) is 0 Å². The van der Waals surface area contributed by atoms with Gasteiger partial charge in [-0.05, 0) is 68.8 Å². The van der Waals surface area contributed by atoms with Crippen LogP contribution in [0.4, 0.5) is 0 Å². The molecule has 3 rings (SSSR count). The Morgan fingerprint density at radius 1 is 1.21 bits per heavy atom. The van der Waals surface area contributed by atoms with Crippen molar-refractivity contribution in [2.75, 3.05) is 26.2 Å². The Balaban J connectivity index is 1.48. The molecule has 1 N–H and O–H groups in total. The average Bonchev–Trinajstić information content (AvgIpc) is 3.01. The summed E-state index contributed by atoms with van der Waals surface area (Å²) >= 11 is 0. The first-order valence-corrected chi connectivity index (χ1v) is 7.76. The molecule has 0 saturated carbocycles. The molecule has 0 aliphatic carbocycles. The number of pyridine rings is 1. The number of nitrogens with one attached hydrogen (secondary N) is 1. The summed E-state index contributed by atoms with van der Waals surface area (Å²) in [5, 5.41) is 3.69. The predicted molar refractivity (Wildman–Crippen MR) is 78.1 cm³/mol. The van der Waals surface area contributed by atoms with E-state index in [1.165, 1.54) is 57.4 Å². The molecule has 2 unspecified atom stereocenters. The third kappa shape index (κ3) is 3.54. The second-order valence-electron chi connectivity index (χ2n) is 6.01. The monoisotopic (exact) mass is 259 g/mol. The highest BCUT2D eigenvalue weighted by Gasteiger charge is 2.28. The van der Waals surface area contributed by atoms with Gasteiger partial charge in [0.15, 0.2) is 0 Å². The Morgan fingerprint density at radius 3 is 2.89 bits per heavy atom. The number of hydrogen-bond donors (Lipinski definition) is 1. The van der Waals surface area contributed by atoms with Crippen molar-refractivity contribution in [3.8, 4) is 0 Å². The summed E-state index contributed by atoms with van der Waals surface area (Å²) in [6, 6.07) is 5.07. The fourth-order valence-corrected chi connectivity index (χ4v) is 3.57. The van der Waals surface area contributed by atoms with Crippen molar-refractivity contribution in [2.24, 2.45) is 5.92 Å². The van der Waals surface area contributed by atoms with Crippen LogP contribution in [0.25, 0.3) is 0 Å². The summed E-state index contributed by atoms with van der Waals surface area (Å²) < 4.78 is 0. The van der Waals surface area contributed by atoms with Gasteiger partial charge in [0.25, 0.3) is 0 Å². The Kier molecular flexibility index (Phi) is 4.46. The summed E-state index contributed by atoms with van der Waals surface area (Å²) in [5.41, 5.74) is 1.41. The molecule has 0 radical (unpaired) electrons. The van der Waals surface area contributed by atoms with Crippen LogP contribution in [0.15, 0.2) is 24.5 Å². The van der Waals surface area contributed by atoms with Crippen LogP contribution in [0.2, 0.25) is 0 Å². The molecule has 0 amide bonds. The van der Waals surface area contributed by atoms with Crippen LogP contribution in [0.5, 0.6) is 0 Å². The highest BCUT2D eigenvalue weighted by molar-refractivity contribution is 5.10. The lowest BCUT2D eigenvalue weighted by Crippen LogP contribution is -2.44. The van der Waals surface area contributed by atoms with E-state index in [2.05, 4.69) is 27.3 Å². The summed E-state index contributed by atoms with van der Waals surface area (Å²) in [6.07, 6.45) is 10.5. The van der Waals surface area contributed by atoms with Crippen molar-refractivity contribution in [1.29, 1.82) is 0 Å². The van der Waals surface area contributed by atoms with Crippen LogP contribution in [0.1, 0.15) is 31.2 Å². The minimum Gasteiger partial charge on any atom is -0.314 e. The Bertz CT molecular complexity index is 373. The lowest BCUT2D eigenvalue weighted by molar-refractivity contribution is 0.153. The Morgan fingerprint density at radius 2 is 2.11 bits per heavy atom. The number of rotatable bonds is 4. The Hall–Kier alpha value is -0.930. The van der Waals surface area contributed by atoms with Crippen LogP contribution < -0.4 is 5.32 Å². The summed E-state index contributed by atoms with van der Waals surface area (Å²) in [6.45, 7) is 5.02. The van der Waals surface area contributed by atoms with Gasteiger partial charge in [-0.3, -0.25) is 4.98 Å². The van der Waals surface area contributed by atoms with E-state index in [1.807, 2.05) is 12.4 Å². The molecule has 3 heteroatoms. The van der Waals surface area contributed by atoms with Gasteiger partial charge >= 0.3 is 0 Å². The summed E-state index contributed by atoms with van der Waals surface area (Å²) in [7, 11) is 0. The molecule has 3 nitrogen and oxygen atoms in total. The molecule has 104 valence electrons. The maximum Gasteiger partial charge on any atom is 0.0270 e. The molecular formula is C16H25N3. The van der Waals surface area contributed by atoms with Crippen LogP contribution >= 0.6 is 0 Å². The van der Waals surface area contributed by atoms with Gasteiger partial charge in [-0.15, -0.1) is 0 Å². The van der Waals surface area contributed by atoms with Crippen LogP contribution in [0.3, 0.4) is 0 Å². The first-order valence-electron chi connectivity index (χ1n) is 7.76. The molecule has 2 atom stereocenters. The van der Waals surface area contributed by atoms with Gasteiger partial charge in [0.05, 0.1) is 0 Å². The minimum absolute atomic E-state index is 0.795. The zero-order chi connectivity index (χ0) is 12.9. The summed E-state index contributed by atoms with van der Waals surface area (Å²) in [5.74, 6) is 0.883. The largest absolute Gasteiger partial charge is 0.314 e. The van der Waals surface area contributed by atoms with E-state index in [4.69, 9.17) is 0 Å². The zero-order valence-corrected chi connectivity index (χ0v) is 11.7. The molecule has 2 saturated heterocycles. The predicted octanol–water partition coefficient (Wildman–Crippen LogP) is 2.09. The Labute approximate surface area is 116 Å². The molecule has 19 heavy (non-hydrogen) atoms. The lowest BCUT2D eigenvalue weighted by atomic mass is 9.89. The van der Waals surface area contributed by atoms with Crippen molar-refractivity contribution < 1.29 is 0 Å². The number of piperidine rings is 1. The standard InChI is InChI=1S/C16H25N3/c1-4-16(18-8-1)15-3-2-11-19(13-15)12-7-14-5-9-17-10-6-14/h5-6,9-10,15-16,18H,1-4,7-8,11-13H2. The molecule has 1 aromatic rings. The number of hydrogen-bond acceptors (Lipinski definition) is 3. The van der Waals surface area contributed by atoms with E-state index >= 15 is 0 Å². The first-order chi connectivity index (χ1) is 9.42. The van der Waals surface area contributed by atoms with Gasteiger partial charge in [-0.2, -0.15) is 0 Å². The lowest BCUT2D eigenvalue weighted by Gasteiger charge is -2.35. The van der Waals surface area contributed by atoms with E-state index < -0.39 is 0 Å². The number of aromatic nitrogens is 1. The average molecular weight is 259 g/mol. The highest BCUT2D eigenvalue weighted by Crippen LogP contribution is 2.24. The van der Waals surface area contributed by atoms with Crippen molar-refractivity contribution in [1.82, 2.24) is 15.2 Å². The molecule has 2 aliphatic heterocycles. The van der Waals surface area contributed by atoms with Crippen LogP contribution in [-0.4, -0.2) is 42.1 Å². The molecule has 1 aromatic heterocycles. The van der Waals surface area contributed by atoms with Gasteiger partial charge < -0.3 is 10.2 Å².